The van der Waals surface area contributed by atoms with Crippen LogP contribution in [0.2, 0.25) is 0 Å². The Morgan fingerprint density at radius 1 is 0.980 bits per heavy atom. The highest BCUT2D eigenvalue weighted by Crippen LogP contribution is 2.38. The number of nitrogens with zero attached hydrogens (tertiary/aromatic N) is 4. The first-order valence-electron chi connectivity index (χ1n) is 16.2. The van der Waals surface area contributed by atoms with Crippen LogP contribution in [-0.4, -0.2) is 58.9 Å². The Hall–Kier alpha value is -5.36. The minimum Gasteiger partial charge on any atom is -0.493 e. The summed E-state index contributed by atoms with van der Waals surface area (Å²) in [5.41, 5.74) is 0.574. The van der Waals surface area contributed by atoms with Gasteiger partial charge in [-0.3, -0.25) is 14.6 Å². The fourth-order valence-electron chi connectivity index (χ4n) is 5.78. The molecule has 1 fully saturated rings. The molecule has 0 saturated carbocycles. The summed E-state index contributed by atoms with van der Waals surface area (Å²) in [5, 5.41) is 7.35. The minimum atomic E-state index is -0.729. The molecule has 6 rings (SSSR count). The normalized spacial score (nSPS) is 13.7. The molecular formula is C37H37F2N5O5. The van der Waals surface area contributed by atoms with E-state index >= 15 is 4.39 Å². The number of carbonyl (C=O) groups excluding carboxylic acids is 1. The number of ether oxygens (including phenoxy) is 3. The van der Waals surface area contributed by atoms with Crippen LogP contribution in [0.4, 0.5) is 14.5 Å². The lowest BCUT2D eigenvalue weighted by Gasteiger charge is -2.30. The molecule has 254 valence electrons. The summed E-state index contributed by atoms with van der Waals surface area (Å²) < 4.78 is 47.7. The first-order valence-corrected chi connectivity index (χ1v) is 16.2. The number of methoxy groups -OCH3 is 1. The molecule has 0 spiro atoms. The van der Waals surface area contributed by atoms with Crippen molar-refractivity contribution < 1.29 is 27.8 Å². The second-order valence-corrected chi connectivity index (χ2v) is 12.2. The maximum absolute atomic E-state index is 15.3. The van der Waals surface area contributed by atoms with Crippen molar-refractivity contribution in [3.05, 3.63) is 106 Å². The molecule has 1 N–H and O–H groups in total. The molecule has 1 amide bonds. The van der Waals surface area contributed by atoms with Gasteiger partial charge in [-0.15, -0.1) is 0 Å². The monoisotopic (exact) mass is 669 g/mol. The van der Waals surface area contributed by atoms with Crippen molar-refractivity contribution in [2.24, 2.45) is 5.92 Å². The minimum absolute atomic E-state index is 0.0779. The molecule has 1 aliphatic heterocycles. The van der Waals surface area contributed by atoms with Gasteiger partial charge in [0.2, 0.25) is 0 Å². The molecule has 2 aromatic heterocycles. The average molecular weight is 670 g/mol. The third-order valence-electron chi connectivity index (χ3n) is 8.54. The van der Waals surface area contributed by atoms with Crippen LogP contribution in [0.25, 0.3) is 16.6 Å². The predicted molar refractivity (Wildman–Crippen MR) is 182 cm³/mol. The van der Waals surface area contributed by atoms with Gasteiger partial charge in [-0.25, -0.2) is 8.78 Å². The largest absolute Gasteiger partial charge is 0.493 e. The Labute approximate surface area is 282 Å². The van der Waals surface area contributed by atoms with E-state index in [1.54, 1.807) is 38.4 Å². The summed E-state index contributed by atoms with van der Waals surface area (Å²) in [6, 6.07) is 15.7. The number of aryl methyl sites for hydroxylation is 1. The molecule has 12 heteroatoms. The van der Waals surface area contributed by atoms with E-state index < -0.39 is 23.1 Å². The van der Waals surface area contributed by atoms with Crippen molar-refractivity contribution in [2.45, 2.75) is 33.1 Å². The number of amides is 1. The number of carbonyl (C=O) groups is 1. The van der Waals surface area contributed by atoms with Crippen LogP contribution < -0.4 is 25.1 Å². The number of pyridine rings is 1. The topological polar surface area (TPSA) is 108 Å². The molecule has 1 aliphatic rings. The molecule has 0 unspecified atom stereocenters. The molecule has 0 radical (unpaired) electrons. The van der Waals surface area contributed by atoms with Gasteiger partial charge in [0.05, 0.1) is 24.9 Å². The van der Waals surface area contributed by atoms with Crippen molar-refractivity contribution in [1.29, 1.82) is 0 Å². The van der Waals surface area contributed by atoms with Gasteiger partial charge in [0.25, 0.3) is 11.5 Å². The van der Waals surface area contributed by atoms with Crippen LogP contribution >= 0.6 is 0 Å². The van der Waals surface area contributed by atoms with Crippen LogP contribution in [0.1, 0.15) is 42.2 Å². The van der Waals surface area contributed by atoms with Crippen molar-refractivity contribution >= 4 is 22.5 Å². The van der Waals surface area contributed by atoms with Crippen LogP contribution in [-0.2, 0) is 0 Å². The second-order valence-electron chi connectivity index (χ2n) is 12.2. The predicted octanol–water partition coefficient (Wildman–Crippen LogP) is 6.92. The van der Waals surface area contributed by atoms with E-state index in [1.807, 2.05) is 0 Å². The number of rotatable bonds is 11. The third-order valence-corrected chi connectivity index (χ3v) is 8.54. The van der Waals surface area contributed by atoms with Gasteiger partial charge in [-0.1, -0.05) is 13.0 Å². The van der Waals surface area contributed by atoms with Crippen LogP contribution in [0.3, 0.4) is 0 Å². The Morgan fingerprint density at radius 2 is 1.80 bits per heavy atom. The first-order chi connectivity index (χ1) is 23.7. The Morgan fingerprint density at radius 3 is 2.55 bits per heavy atom. The summed E-state index contributed by atoms with van der Waals surface area (Å²) in [7, 11) is 1.56. The fraction of sp³-hybridized carbons (Fsp3) is 0.297. The lowest BCUT2D eigenvalue weighted by Crippen LogP contribution is -2.34. The van der Waals surface area contributed by atoms with Crippen LogP contribution in [0.15, 0.2) is 77.7 Å². The summed E-state index contributed by atoms with van der Waals surface area (Å²) in [5.74, 6) is 0.167. The fourth-order valence-corrected chi connectivity index (χ4v) is 5.78. The van der Waals surface area contributed by atoms with E-state index in [0.29, 0.717) is 40.3 Å². The molecule has 10 nitrogen and oxygen atoms in total. The molecule has 0 bridgehead atoms. The molecule has 5 aromatic rings. The van der Waals surface area contributed by atoms with Gasteiger partial charge in [0.15, 0.2) is 28.8 Å². The second kappa shape index (κ2) is 14.8. The van der Waals surface area contributed by atoms with Gasteiger partial charge in [0, 0.05) is 42.0 Å². The number of hydrogen-bond acceptors (Lipinski definition) is 8. The molecule has 0 aliphatic carbocycles. The average Bonchev–Trinajstić information content (AvgIpc) is 3.08. The van der Waals surface area contributed by atoms with Crippen LogP contribution in [0, 0.1) is 24.5 Å². The van der Waals surface area contributed by atoms with Gasteiger partial charge >= 0.3 is 0 Å². The highest BCUT2D eigenvalue weighted by molar-refractivity contribution is 6.03. The maximum Gasteiger partial charge on any atom is 0.276 e. The van der Waals surface area contributed by atoms with E-state index in [-0.39, 0.29) is 22.8 Å². The zero-order chi connectivity index (χ0) is 34.5. The number of fused-ring (bicyclic) bond motifs is 1. The summed E-state index contributed by atoms with van der Waals surface area (Å²) in [4.78, 5) is 32.6. The van der Waals surface area contributed by atoms with E-state index in [0.717, 1.165) is 48.8 Å². The van der Waals surface area contributed by atoms with Gasteiger partial charge in [0.1, 0.15) is 11.6 Å². The molecule has 0 atom stereocenters. The number of hydrogen-bond donors (Lipinski definition) is 1. The lowest BCUT2D eigenvalue weighted by atomic mass is 9.99. The quantitative estimate of drug-likeness (QED) is 0.151. The van der Waals surface area contributed by atoms with Crippen molar-refractivity contribution in [3.8, 4) is 28.7 Å². The van der Waals surface area contributed by atoms with Crippen molar-refractivity contribution in [3.63, 3.8) is 0 Å². The number of benzene rings is 3. The Balaban J connectivity index is 1.14. The highest BCUT2D eigenvalue weighted by atomic mass is 19.1. The molecular weight excluding hydrogens is 632 g/mol. The summed E-state index contributed by atoms with van der Waals surface area (Å²) >= 11 is 0. The van der Waals surface area contributed by atoms with E-state index in [9.17, 15) is 14.0 Å². The number of nitrogens with one attached hydrogen (secondary N) is 1. The van der Waals surface area contributed by atoms with Crippen LogP contribution in [0.5, 0.6) is 23.0 Å². The molecule has 3 aromatic carbocycles. The van der Waals surface area contributed by atoms with Gasteiger partial charge < -0.3 is 24.4 Å². The number of aromatic nitrogens is 3. The standard InChI is InChI=1S/C37H37F2N5O5/c1-23-11-15-43(16-12-23)14-5-17-48-34-22-30-28(21-33(34)47-3)31(10-13-40-30)49-32-9-8-26(20-29(32)39)41-37(46)36-24(2)18-35(45)44(42-36)27-7-4-6-25(38)19-27/h4,6-10,13,18-23H,5,11-12,14-17H2,1-3H3,(H,41,46). The number of likely N-dealkylation sites (tertiary alicyclic amines) is 1. The zero-order valence-electron chi connectivity index (χ0n) is 27.5. The summed E-state index contributed by atoms with van der Waals surface area (Å²) in [6.45, 7) is 7.62. The summed E-state index contributed by atoms with van der Waals surface area (Å²) in [6.07, 6.45) is 4.92. The van der Waals surface area contributed by atoms with E-state index in [4.69, 9.17) is 14.2 Å². The molecule has 1 saturated heterocycles. The Kier molecular flexibility index (Phi) is 10.1. The van der Waals surface area contributed by atoms with E-state index in [2.05, 4.69) is 27.2 Å². The third kappa shape index (κ3) is 7.86. The number of piperidine rings is 1. The smallest absolute Gasteiger partial charge is 0.276 e. The number of halogens is 2. The zero-order valence-corrected chi connectivity index (χ0v) is 27.5. The number of anilines is 1. The van der Waals surface area contributed by atoms with Gasteiger partial charge in [-0.2, -0.15) is 9.78 Å². The first kappa shape index (κ1) is 33.5. The van der Waals surface area contributed by atoms with Gasteiger partial charge in [-0.05, 0) is 93.2 Å². The van der Waals surface area contributed by atoms with E-state index in [1.165, 1.54) is 49.2 Å². The highest BCUT2D eigenvalue weighted by Gasteiger charge is 2.19. The maximum atomic E-state index is 15.3. The van der Waals surface area contributed by atoms with Crippen molar-refractivity contribution in [1.82, 2.24) is 19.7 Å². The molecule has 49 heavy (non-hydrogen) atoms. The Bertz CT molecular complexity index is 2040. The molecule has 3 heterocycles. The van der Waals surface area contributed by atoms with Crippen molar-refractivity contribution in [2.75, 3.05) is 38.7 Å². The SMILES string of the molecule is COc1cc2c(Oc3ccc(NC(=O)c4nn(-c5cccc(F)c5)c(=O)cc4C)cc3F)ccnc2cc1OCCCN1CCC(C)CC1. The lowest BCUT2D eigenvalue weighted by molar-refractivity contribution is 0.102.